The van der Waals surface area contributed by atoms with Gasteiger partial charge < -0.3 is 4.57 Å². The van der Waals surface area contributed by atoms with Gasteiger partial charge in [-0.1, -0.05) is 18.0 Å². The van der Waals surface area contributed by atoms with Gasteiger partial charge in [0.1, 0.15) is 0 Å². The van der Waals surface area contributed by atoms with Gasteiger partial charge in [0.2, 0.25) is 0 Å². The van der Waals surface area contributed by atoms with Crippen LogP contribution in [0.3, 0.4) is 0 Å². The molecule has 5 rings (SSSR count). The van der Waals surface area contributed by atoms with E-state index in [1.807, 2.05) is 12.3 Å². The number of allylic oxidation sites excluding steroid dienone is 2. The van der Waals surface area contributed by atoms with Crippen LogP contribution < -0.4 is 0 Å². The lowest BCUT2D eigenvalue weighted by atomic mass is 9.87. The number of dihydropyridines is 1. The molecule has 1 fully saturated rings. The zero-order valence-electron chi connectivity index (χ0n) is 16.1. The molecule has 1 aromatic carbocycles. The summed E-state index contributed by atoms with van der Waals surface area (Å²) in [6, 6.07) is 7.08. The summed E-state index contributed by atoms with van der Waals surface area (Å²) in [5, 5.41) is 2.19. The van der Waals surface area contributed by atoms with Gasteiger partial charge in [0.15, 0.2) is 0 Å². The Bertz CT molecular complexity index is 995. The first-order valence-corrected chi connectivity index (χ1v) is 10.4. The van der Waals surface area contributed by atoms with E-state index in [9.17, 15) is 0 Å². The number of hydrogen-bond donors (Lipinski definition) is 0. The number of halogens is 1. The number of fused-ring (bicyclic) bond motifs is 5. The monoisotopic (exact) mass is 379 g/mol. The number of benzene rings is 1. The van der Waals surface area contributed by atoms with E-state index in [0.717, 1.165) is 24.5 Å². The normalized spacial score (nSPS) is 25.6. The predicted molar refractivity (Wildman–Crippen MR) is 115 cm³/mol. The quantitative estimate of drug-likeness (QED) is 0.661. The lowest BCUT2D eigenvalue weighted by Gasteiger charge is -2.35. The minimum Gasteiger partial charge on any atom is -0.318 e. The summed E-state index contributed by atoms with van der Waals surface area (Å²) in [6.45, 7) is 4.13. The highest BCUT2D eigenvalue weighted by atomic mass is 35.5. The predicted octanol–water partition coefficient (Wildman–Crippen LogP) is 5.64. The van der Waals surface area contributed by atoms with Crippen LogP contribution in [-0.4, -0.2) is 35.3 Å². The first-order valence-electron chi connectivity index (χ1n) is 10.0. The molecule has 0 radical (unpaired) electrons. The van der Waals surface area contributed by atoms with Crippen molar-refractivity contribution in [2.24, 2.45) is 4.99 Å². The fraction of sp³-hybridized carbons (Fsp3) is 0.435. The van der Waals surface area contributed by atoms with E-state index < -0.39 is 0 Å². The molecule has 2 atom stereocenters. The second kappa shape index (κ2) is 6.65. The van der Waals surface area contributed by atoms with E-state index in [1.54, 1.807) is 5.56 Å². The number of hydrogen-bond acceptors (Lipinski definition) is 2. The van der Waals surface area contributed by atoms with E-state index in [-0.39, 0.29) is 0 Å². The molecule has 0 N–H and O–H groups in total. The average Bonchev–Trinajstić information content (AvgIpc) is 3.26. The molecule has 2 aromatic rings. The maximum absolute atomic E-state index is 6.41. The Hall–Kier alpha value is -1.84. The van der Waals surface area contributed by atoms with Crippen molar-refractivity contribution in [3.8, 4) is 0 Å². The van der Waals surface area contributed by atoms with Crippen LogP contribution in [0.4, 0.5) is 0 Å². The van der Waals surface area contributed by atoms with E-state index in [2.05, 4.69) is 52.8 Å². The Morgan fingerprint density at radius 2 is 2.19 bits per heavy atom. The molecular formula is C23H26ClN3. The highest BCUT2D eigenvalue weighted by molar-refractivity contribution is 6.31. The lowest BCUT2D eigenvalue weighted by molar-refractivity contribution is 0.198. The maximum atomic E-state index is 6.41. The molecular weight excluding hydrogens is 354 g/mol. The van der Waals surface area contributed by atoms with Crippen molar-refractivity contribution in [2.45, 2.75) is 51.1 Å². The maximum Gasteiger partial charge on any atom is 0.0530 e. The molecule has 140 valence electrons. The van der Waals surface area contributed by atoms with E-state index >= 15 is 0 Å². The first kappa shape index (κ1) is 17.3. The van der Waals surface area contributed by atoms with Gasteiger partial charge in [0, 0.05) is 53.6 Å². The van der Waals surface area contributed by atoms with Gasteiger partial charge in [-0.2, -0.15) is 0 Å². The summed E-state index contributed by atoms with van der Waals surface area (Å²) in [5.41, 5.74) is 7.00. The molecule has 27 heavy (non-hydrogen) atoms. The second-order valence-electron chi connectivity index (χ2n) is 8.22. The third-order valence-corrected chi connectivity index (χ3v) is 6.88. The van der Waals surface area contributed by atoms with Gasteiger partial charge >= 0.3 is 0 Å². The van der Waals surface area contributed by atoms with E-state index in [4.69, 9.17) is 11.6 Å². The molecule has 0 bridgehead atoms. The largest absolute Gasteiger partial charge is 0.318 e. The van der Waals surface area contributed by atoms with Crippen molar-refractivity contribution in [1.29, 1.82) is 0 Å². The minimum absolute atomic E-state index is 0.635. The third-order valence-electron chi connectivity index (χ3n) is 6.65. The Balaban J connectivity index is 1.72. The molecule has 1 aromatic heterocycles. The summed E-state index contributed by atoms with van der Waals surface area (Å²) in [5.74, 6) is 0.635. The lowest BCUT2D eigenvalue weighted by Crippen LogP contribution is -2.38. The van der Waals surface area contributed by atoms with Gasteiger partial charge in [0.05, 0.1) is 5.52 Å². The molecule has 2 unspecified atom stereocenters. The van der Waals surface area contributed by atoms with Crippen LogP contribution in [0.2, 0.25) is 5.02 Å². The summed E-state index contributed by atoms with van der Waals surface area (Å²) in [4.78, 5) is 6.89. The standard InChI is InChI=1S/C23H26ClN3/c1-15(16-8-10-25-11-9-16)13-27-21-7-6-17(24)12-19(21)23-18-4-3-5-20(18)26(2)14-22(23)27/h6-8,10,12-13,18,20H,3-5,9,11,14H2,1-2H3/b15-13+. The van der Waals surface area contributed by atoms with Crippen LogP contribution in [0.25, 0.3) is 17.1 Å². The molecule has 3 aliphatic rings. The highest BCUT2D eigenvalue weighted by Gasteiger charge is 2.39. The minimum atomic E-state index is 0.635. The third kappa shape index (κ3) is 2.79. The Morgan fingerprint density at radius 3 is 3.00 bits per heavy atom. The van der Waals surface area contributed by atoms with Gasteiger partial charge in [-0.05, 0) is 74.2 Å². The fourth-order valence-electron chi connectivity index (χ4n) is 5.34. The van der Waals surface area contributed by atoms with Crippen LogP contribution in [0.1, 0.15) is 49.8 Å². The molecule has 1 aliphatic carbocycles. The molecule has 2 aliphatic heterocycles. The van der Waals surface area contributed by atoms with Crippen LogP contribution in [0, 0.1) is 0 Å². The molecule has 3 nitrogen and oxygen atoms in total. The van der Waals surface area contributed by atoms with Crippen LogP contribution in [-0.2, 0) is 6.54 Å². The molecule has 0 saturated heterocycles. The van der Waals surface area contributed by atoms with Crippen molar-refractivity contribution in [3.63, 3.8) is 0 Å². The average molecular weight is 380 g/mol. The zero-order valence-corrected chi connectivity index (χ0v) is 16.8. The molecule has 1 saturated carbocycles. The van der Waals surface area contributed by atoms with E-state index in [0.29, 0.717) is 12.0 Å². The second-order valence-corrected chi connectivity index (χ2v) is 8.66. The van der Waals surface area contributed by atoms with Crippen molar-refractivity contribution in [3.05, 3.63) is 51.7 Å². The number of rotatable bonds is 2. The summed E-state index contributed by atoms with van der Waals surface area (Å²) < 4.78 is 2.44. The molecule has 3 heterocycles. The number of aliphatic imine (C=N–C) groups is 1. The van der Waals surface area contributed by atoms with Crippen LogP contribution in [0.5, 0.6) is 0 Å². The van der Waals surface area contributed by atoms with Gasteiger partial charge in [-0.25, -0.2) is 0 Å². The summed E-state index contributed by atoms with van der Waals surface area (Å²) in [7, 11) is 2.29. The smallest absolute Gasteiger partial charge is 0.0530 e. The van der Waals surface area contributed by atoms with Crippen molar-refractivity contribution in [1.82, 2.24) is 9.47 Å². The zero-order chi connectivity index (χ0) is 18.5. The van der Waals surface area contributed by atoms with Gasteiger partial charge in [-0.15, -0.1) is 0 Å². The summed E-state index contributed by atoms with van der Waals surface area (Å²) in [6.07, 6.45) is 11.4. The Kier molecular flexibility index (Phi) is 4.25. The number of aromatic nitrogens is 1. The molecule has 4 heteroatoms. The Labute approximate surface area is 166 Å². The van der Waals surface area contributed by atoms with Crippen LogP contribution in [0.15, 0.2) is 40.4 Å². The van der Waals surface area contributed by atoms with Gasteiger partial charge in [0.25, 0.3) is 0 Å². The molecule has 0 spiro atoms. The Morgan fingerprint density at radius 1 is 1.30 bits per heavy atom. The number of likely N-dealkylation sites (N-methyl/N-ethyl adjacent to an activating group) is 1. The SMILES string of the molecule is C/C(=C\n1c2c(c3cc(Cl)ccc31)C1CCCC1N(C)C2)C1=CC=NCC1. The van der Waals surface area contributed by atoms with Crippen LogP contribution >= 0.6 is 11.6 Å². The summed E-state index contributed by atoms with van der Waals surface area (Å²) >= 11 is 6.41. The molecule has 0 amide bonds. The highest BCUT2D eigenvalue weighted by Crippen LogP contribution is 2.47. The topological polar surface area (TPSA) is 20.5 Å². The van der Waals surface area contributed by atoms with Crippen molar-refractivity contribution >= 4 is 34.9 Å². The first-order chi connectivity index (χ1) is 13.1. The van der Waals surface area contributed by atoms with Crippen molar-refractivity contribution in [2.75, 3.05) is 13.6 Å². The van der Waals surface area contributed by atoms with Gasteiger partial charge in [-0.3, -0.25) is 9.89 Å². The fourth-order valence-corrected chi connectivity index (χ4v) is 5.51. The van der Waals surface area contributed by atoms with E-state index in [1.165, 1.54) is 47.0 Å². The number of nitrogens with zero attached hydrogens (tertiary/aromatic N) is 3. The van der Waals surface area contributed by atoms with Crippen molar-refractivity contribution < 1.29 is 0 Å².